The zero-order valence-corrected chi connectivity index (χ0v) is 10.2. The van der Waals surface area contributed by atoms with Gasteiger partial charge in [-0.1, -0.05) is 0 Å². The number of hydrogen-bond acceptors (Lipinski definition) is 2. The summed E-state index contributed by atoms with van der Waals surface area (Å²) in [6.07, 6.45) is -3.26. The number of amides is 1. The van der Waals surface area contributed by atoms with Crippen molar-refractivity contribution >= 4 is 11.7 Å². The zero-order valence-electron chi connectivity index (χ0n) is 10.2. The predicted octanol–water partition coefficient (Wildman–Crippen LogP) is 2.83. The van der Waals surface area contributed by atoms with Gasteiger partial charge in [-0.2, -0.15) is 18.3 Å². The number of aryl methyl sites for hydroxylation is 1. The van der Waals surface area contributed by atoms with E-state index in [1.807, 2.05) is 0 Å². The molecular weight excluding hydrogens is 278 g/mol. The van der Waals surface area contributed by atoms with E-state index in [4.69, 9.17) is 0 Å². The maximum absolute atomic E-state index is 13.5. The number of anilines is 1. The molecule has 0 spiro atoms. The molecule has 0 radical (unpaired) electrons. The smallest absolute Gasteiger partial charge is 0.307 e. The van der Waals surface area contributed by atoms with Gasteiger partial charge in [0.05, 0.1) is 17.3 Å². The minimum absolute atomic E-state index is 0.242. The quantitative estimate of drug-likeness (QED) is 0.863. The summed E-state index contributed by atoms with van der Waals surface area (Å²) in [6, 6.07) is 3.10. The Morgan fingerprint density at radius 2 is 2.00 bits per heavy atom. The third-order valence-corrected chi connectivity index (χ3v) is 2.60. The van der Waals surface area contributed by atoms with Crippen molar-refractivity contribution in [3.05, 3.63) is 47.4 Å². The average Bonchev–Trinajstić information content (AvgIpc) is 2.74. The molecule has 0 aliphatic carbocycles. The Labute approximate surface area is 111 Å². The highest BCUT2D eigenvalue weighted by atomic mass is 19.4. The molecule has 0 saturated heterocycles. The van der Waals surface area contributed by atoms with Crippen molar-refractivity contribution < 1.29 is 22.4 Å². The van der Waals surface area contributed by atoms with Gasteiger partial charge in [-0.25, -0.2) is 4.39 Å². The van der Waals surface area contributed by atoms with Crippen molar-refractivity contribution in [2.75, 3.05) is 5.32 Å². The molecule has 1 N–H and O–H groups in total. The van der Waals surface area contributed by atoms with Crippen LogP contribution in [0.15, 0.2) is 30.5 Å². The standard InChI is InChI=1S/C12H9F4N3O/c1-19-10(4-5-17-19)18-11(20)8-6-7(12(14,15)16)2-3-9(8)13/h2-6H,1H3,(H,18,20). The molecule has 1 amide bonds. The molecule has 106 valence electrons. The normalized spacial score (nSPS) is 11.4. The van der Waals surface area contributed by atoms with Crippen LogP contribution in [0.2, 0.25) is 0 Å². The van der Waals surface area contributed by atoms with E-state index in [9.17, 15) is 22.4 Å². The summed E-state index contributed by atoms with van der Waals surface area (Å²) < 4.78 is 52.4. The number of carbonyl (C=O) groups is 1. The van der Waals surface area contributed by atoms with Crippen LogP contribution in [0.5, 0.6) is 0 Å². The van der Waals surface area contributed by atoms with Crippen LogP contribution in [-0.4, -0.2) is 15.7 Å². The molecule has 0 aliphatic heterocycles. The Kier molecular flexibility index (Phi) is 3.47. The highest BCUT2D eigenvalue weighted by Crippen LogP contribution is 2.30. The second-order valence-corrected chi connectivity index (χ2v) is 3.99. The second-order valence-electron chi connectivity index (χ2n) is 3.99. The van der Waals surface area contributed by atoms with Crippen LogP contribution in [0.4, 0.5) is 23.4 Å². The molecule has 2 aromatic rings. The number of carbonyl (C=O) groups excluding carboxylic acids is 1. The average molecular weight is 287 g/mol. The van der Waals surface area contributed by atoms with E-state index >= 15 is 0 Å². The molecular formula is C12H9F4N3O. The van der Waals surface area contributed by atoms with Gasteiger partial charge in [0.2, 0.25) is 0 Å². The fourth-order valence-corrected chi connectivity index (χ4v) is 1.56. The number of nitrogens with zero attached hydrogens (tertiary/aromatic N) is 2. The van der Waals surface area contributed by atoms with Crippen LogP contribution in [0.1, 0.15) is 15.9 Å². The molecule has 0 saturated carbocycles. The number of nitrogens with one attached hydrogen (secondary N) is 1. The van der Waals surface area contributed by atoms with E-state index in [1.165, 1.54) is 24.0 Å². The van der Waals surface area contributed by atoms with Gasteiger partial charge in [0, 0.05) is 13.1 Å². The van der Waals surface area contributed by atoms with E-state index in [-0.39, 0.29) is 5.82 Å². The van der Waals surface area contributed by atoms with Crippen LogP contribution < -0.4 is 5.32 Å². The molecule has 0 aliphatic rings. The number of halogens is 4. The predicted molar refractivity (Wildman–Crippen MR) is 62.6 cm³/mol. The van der Waals surface area contributed by atoms with Crippen LogP contribution in [0.3, 0.4) is 0 Å². The molecule has 0 bridgehead atoms. The molecule has 0 unspecified atom stereocenters. The lowest BCUT2D eigenvalue weighted by atomic mass is 10.1. The molecule has 1 heterocycles. The number of rotatable bonds is 2. The van der Waals surface area contributed by atoms with Crippen LogP contribution in [0.25, 0.3) is 0 Å². The van der Waals surface area contributed by atoms with Crippen LogP contribution >= 0.6 is 0 Å². The van der Waals surface area contributed by atoms with Gasteiger partial charge < -0.3 is 5.32 Å². The first kappa shape index (κ1) is 14.0. The van der Waals surface area contributed by atoms with E-state index in [1.54, 1.807) is 0 Å². The number of hydrogen-bond donors (Lipinski definition) is 1. The first-order valence-electron chi connectivity index (χ1n) is 5.45. The van der Waals surface area contributed by atoms with Crippen molar-refractivity contribution in [3.63, 3.8) is 0 Å². The van der Waals surface area contributed by atoms with Crippen LogP contribution in [-0.2, 0) is 13.2 Å². The summed E-state index contributed by atoms with van der Waals surface area (Å²) in [5, 5.41) is 6.05. The molecule has 4 nitrogen and oxygen atoms in total. The molecule has 1 aromatic carbocycles. The number of alkyl halides is 3. The molecule has 8 heteroatoms. The Hall–Kier alpha value is -2.38. The van der Waals surface area contributed by atoms with E-state index in [0.717, 1.165) is 0 Å². The molecule has 1 aromatic heterocycles. The Morgan fingerprint density at radius 3 is 2.55 bits per heavy atom. The van der Waals surface area contributed by atoms with Gasteiger partial charge >= 0.3 is 6.18 Å². The van der Waals surface area contributed by atoms with Crippen molar-refractivity contribution in [2.24, 2.45) is 7.05 Å². The lowest BCUT2D eigenvalue weighted by Crippen LogP contribution is -2.17. The molecule has 2 rings (SSSR count). The van der Waals surface area contributed by atoms with E-state index < -0.39 is 29.0 Å². The monoisotopic (exact) mass is 287 g/mol. The van der Waals surface area contributed by atoms with Gasteiger partial charge in [0.25, 0.3) is 5.91 Å². The fraction of sp³-hybridized carbons (Fsp3) is 0.167. The number of aromatic nitrogens is 2. The molecule has 0 atom stereocenters. The fourth-order valence-electron chi connectivity index (χ4n) is 1.56. The lowest BCUT2D eigenvalue weighted by molar-refractivity contribution is -0.137. The van der Waals surface area contributed by atoms with E-state index in [2.05, 4.69) is 10.4 Å². The lowest BCUT2D eigenvalue weighted by Gasteiger charge is -2.10. The maximum Gasteiger partial charge on any atom is 0.416 e. The zero-order chi connectivity index (χ0) is 14.9. The van der Waals surface area contributed by atoms with Crippen molar-refractivity contribution in [3.8, 4) is 0 Å². The maximum atomic E-state index is 13.5. The summed E-state index contributed by atoms with van der Waals surface area (Å²) in [7, 11) is 1.53. The van der Waals surface area contributed by atoms with Crippen molar-refractivity contribution in [1.29, 1.82) is 0 Å². The summed E-state index contributed by atoms with van der Waals surface area (Å²) in [5.74, 6) is -1.76. The van der Waals surface area contributed by atoms with Gasteiger partial charge in [-0.05, 0) is 18.2 Å². The highest BCUT2D eigenvalue weighted by molar-refractivity contribution is 6.04. The van der Waals surface area contributed by atoms with E-state index in [0.29, 0.717) is 18.2 Å². The van der Waals surface area contributed by atoms with Gasteiger partial charge in [-0.3, -0.25) is 9.48 Å². The Morgan fingerprint density at radius 1 is 1.30 bits per heavy atom. The molecule has 20 heavy (non-hydrogen) atoms. The summed E-state index contributed by atoms with van der Waals surface area (Å²) >= 11 is 0. The van der Waals surface area contributed by atoms with Crippen molar-refractivity contribution in [2.45, 2.75) is 6.18 Å². The summed E-state index contributed by atoms with van der Waals surface area (Å²) in [6.45, 7) is 0. The minimum Gasteiger partial charge on any atom is -0.307 e. The SMILES string of the molecule is Cn1nccc1NC(=O)c1cc(C(F)(F)F)ccc1F. The minimum atomic E-state index is -4.64. The highest BCUT2D eigenvalue weighted by Gasteiger charge is 2.32. The third-order valence-electron chi connectivity index (χ3n) is 2.60. The van der Waals surface area contributed by atoms with Gasteiger partial charge in [0.1, 0.15) is 11.6 Å². The van der Waals surface area contributed by atoms with Crippen molar-refractivity contribution in [1.82, 2.24) is 9.78 Å². The largest absolute Gasteiger partial charge is 0.416 e. The second kappa shape index (κ2) is 4.95. The first-order chi connectivity index (χ1) is 9.29. The third kappa shape index (κ3) is 2.79. The topological polar surface area (TPSA) is 46.9 Å². The van der Waals surface area contributed by atoms with Gasteiger partial charge in [0.15, 0.2) is 0 Å². The van der Waals surface area contributed by atoms with Crippen LogP contribution in [0, 0.1) is 5.82 Å². The summed E-state index contributed by atoms with van der Waals surface area (Å²) in [5.41, 5.74) is -1.77. The first-order valence-corrected chi connectivity index (χ1v) is 5.45. The molecule has 0 fully saturated rings. The number of benzene rings is 1. The Bertz CT molecular complexity index is 648. The van der Waals surface area contributed by atoms with Gasteiger partial charge in [-0.15, -0.1) is 0 Å². The summed E-state index contributed by atoms with van der Waals surface area (Å²) in [4.78, 5) is 11.8. The Balaban J connectivity index is 2.32.